The molecule has 112 valence electrons. The zero-order chi connectivity index (χ0) is 14.6. The lowest BCUT2D eigenvalue weighted by molar-refractivity contribution is -0.0185. The molecule has 0 aliphatic rings. The SMILES string of the molecule is C.O=C(O)OCOC(=O)O.O=C(O)OCOC(=O)O. The van der Waals surface area contributed by atoms with Crippen LogP contribution in [0.5, 0.6) is 0 Å². The fourth-order valence-corrected chi connectivity index (χ4v) is 0.261. The van der Waals surface area contributed by atoms with Gasteiger partial charge in [-0.3, -0.25) is 0 Å². The molecule has 0 unspecified atom stereocenters. The summed E-state index contributed by atoms with van der Waals surface area (Å²) in [5, 5.41) is 30.9. The van der Waals surface area contributed by atoms with E-state index in [-0.39, 0.29) is 7.43 Å². The van der Waals surface area contributed by atoms with E-state index in [0.717, 1.165) is 0 Å². The molecule has 0 aromatic heterocycles. The van der Waals surface area contributed by atoms with Crippen molar-refractivity contribution < 1.29 is 58.6 Å². The van der Waals surface area contributed by atoms with Crippen molar-refractivity contribution in [1.29, 1.82) is 0 Å². The van der Waals surface area contributed by atoms with Gasteiger partial charge in [-0.25, -0.2) is 19.2 Å². The molecule has 0 fully saturated rings. The first-order chi connectivity index (χ1) is 8.25. The summed E-state index contributed by atoms with van der Waals surface area (Å²) >= 11 is 0. The number of carbonyl (C=O) groups is 4. The number of ether oxygens (including phenoxy) is 4. The van der Waals surface area contributed by atoms with E-state index in [1.807, 2.05) is 0 Å². The largest absolute Gasteiger partial charge is 0.508 e. The fraction of sp³-hybridized carbons (Fsp3) is 0.429. The lowest BCUT2D eigenvalue weighted by atomic mass is 11.2. The molecule has 12 heteroatoms. The first-order valence-corrected chi connectivity index (χ1v) is 3.68. The Morgan fingerprint density at radius 3 is 0.842 bits per heavy atom. The fourth-order valence-electron chi connectivity index (χ4n) is 0.261. The molecule has 0 atom stereocenters. The summed E-state index contributed by atoms with van der Waals surface area (Å²) in [7, 11) is 0. The van der Waals surface area contributed by atoms with E-state index < -0.39 is 38.2 Å². The van der Waals surface area contributed by atoms with Gasteiger partial charge in [-0.15, -0.1) is 0 Å². The van der Waals surface area contributed by atoms with Crippen molar-refractivity contribution in [1.82, 2.24) is 0 Å². The van der Waals surface area contributed by atoms with Crippen LogP contribution in [0, 0.1) is 0 Å². The van der Waals surface area contributed by atoms with Crippen LogP contribution in [0.25, 0.3) is 0 Å². The van der Waals surface area contributed by atoms with Crippen LogP contribution < -0.4 is 0 Å². The van der Waals surface area contributed by atoms with Crippen LogP contribution in [0.4, 0.5) is 19.2 Å². The third-order valence-corrected chi connectivity index (χ3v) is 0.730. The van der Waals surface area contributed by atoms with Gasteiger partial charge in [0.15, 0.2) is 0 Å². The minimum absolute atomic E-state index is 0. The van der Waals surface area contributed by atoms with Gasteiger partial charge < -0.3 is 39.4 Å². The topological polar surface area (TPSA) is 186 Å². The summed E-state index contributed by atoms with van der Waals surface area (Å²) in [6.45, 7) is -1.57. The number of carboxylic acid groups (broad SMARTS) is 4. The Balaban J connectivity index is -0.000000256. The van der Waals surface area contributed by atoms with Crippen molar-refractivity contribution in [2.45, 2.75) is 7.43 Å². The highest BCUT2D eigenvalue weighted by atomic mass is 16.8. The van der Waals surface area contributed by atoms with E-state index in [0.29, 0.717) is 0 Å². The molecule has 0 aliphatic heterocycles. The normalized spacial score (nSPS) is 7.58. The van der Waals surface area contributed by atoms with E-state index in [1.54, 1.807) is 0 Å². The Labute approximate surface area is 105 Å². The average Bonchev–Trinajstić information content (AvgIpc) is 2.15. The molecule has 4 N–H and O–H groups in total. The predicted molar refractivity (Wildman–Crippen MR) is 52.9 cm³/mol. The molecule has 0 radical (unpaired) electrons. The summed E-state index contributed by atoms with van der Waals surface area (Å²) < 4.78 is 14.7. The first-order valence-electron chi connectivity index (χ1n) is 3.68. The summed E-state index contributed by atoms with van der Waals surface area (Å²) in [6, 6.07) is 0. The third-order valence-electron chi connectivity index (χ3n) is 0.730. The molecule has 0 aromatic carbocycles. The maximum absolute atomic E-state index is 9.49. The van der Waals surface area contributed by atoms with Gasteiger partial charge >= 0.3 is 24.6 Å². The Hall–Kier alpha value is -2.92. The highest BCUT2D eigenvalue weighted by Crippen LogP contribution is 1.79. The molecule has 19 heavy (non-hydrogen) atoms. The lowest BCUT2D eigenvalue weighted by Crippen LogP contribution is -2.08. The Morgan fingerprint density at radius 2 is 0.737 bits per heavy atom. The third kappa shape index (κ3) is 31.3. The zero-order valence-electron chi connectivity index (χ0n) is 8.47. The number of hydrogen-bond donors (Lipinski definition) is 4. The van der Waals surface area contributed by atoms with Crippen molar-refractivity contribution in [3.8, 4) is 0 Å². The molecule has 0 aromatic rings. The molecule has 0 spiro atoms. The molecule has 0 heterocycles. The molecule has 0 saturated heterocycles. The Morgan fingerprint density at radius 1 is 0.579 bits per heavy atom. The van der Waals surface area contributed by atoms with Crippen molar-refractivity contribution in [3.05, 3.63) is 0 Å². The molecule has 0 bridgehead atoms. The van der Waals surface area contributed by atoms with Crippen LogP contribution in [-0.2, 0) is 18.9 Å². The summed E-state index contributed by atoms with van der Waals surface area (Å²) in [5.74, 6) is 0. The van der Waals surface area contributed by atoms with Crippen LogP contribution in [0.3, 0.4) is 0 Å². The number of rotatable bonds is 4. The van der Waals surface area contributed by atoms with Gasteiger partial charge in [0, 0.05) is 0 Å². The monoisotopic (exact) mass is 288 g/mol. The van der Waals surface area contributed by atoms with Crippen LogP contribution in [-0.4, -0.2) is 58.6 Å². The zero-order valence-corrected chi connectivity index (χ0v) is 8.47. The first kappa shape index (κ1) is 21.4. The predicted octanol–water partition coefficient (Wildman–Crippen LogP) is 1.30. The van der Waals surface area contributed by atoms with Gasteiger partial charge in [-0.2, -0.15) is 0 Å². The van der Waals surface area contributed by atoms with Crippen molar-refractivity contribution >= 4 is 24.6 Å². The Kier molecular flexibility index (Phi) is 14.8. The van der Waals surface area contributed by atoms with Gasteiger partial charge in [-0.05, 0) is 0 Å². The van der Waals surface area contributed by atoms with Gasteiger partial charge in [0.2, 0.25) is 13.6 Å². The lowest BCUT2D eigenvalue weighted by Gasteiger charge is -1.96. The summed E-state index contributed by atoms with van der Waals surface area (Å²) in [4.78, 5) is 37.9. The van der Waals surface area contributed by atoms with Crippen LogP contribution in [0.2, 0.25) is 0 Å². The molecule has 12 nitrogen and oxygen atoms in total. The maximum Gasteiger partial charge on any atom is 0.508 e. The summed E-state index contributed by atoms with van der Waals surface area (Å²) in [5.41, 5.74) is 0. The van der Waals surface area contributed by atoms with E-state index in [2.05, 4.69) is 18.9 Å². The van der Waals surface area contributed by atoms with Crippen molar-refractivity contribution in [2.24, 2.45) is 0 Å². The molecule has 0 rings (SSSR count). The molecular weight excluding hydrogens is 276 g/mol. The Bertz CT molecular complexity index is 238. The van der Waals surface area contributed by atoms with Gasteiger partial charge in [-0.1, -0.05) is 7.43 Å². The minimum atomic E-state index is -1.57. The second-order valence-electron chi connectivity index (χ2n) is 1.88. The molecule has 0 saturated carbocycles. The highest BCUT2D eigenvalue weighted by molar-refractivity contribution is 5.59. The standard InChI is InChI=1S/2C3H4O6.CH4/c2*4-2(5)8-1-9-3(6)7;/h2*1H2,(H,4,5)(H,6,7);1H4. The highest BCUT2D eigenvalue weighted by Gasteiger charge is 1.99. The van der Waals surface area contributed by atoms with E-state index in [4.69, 9.17) is 20.4 Å². The molecule has 0 aliphatic carbocycles. The average molecular weight is 288 g/mol. The minimum Gasteiger partial charge on any atom is -0.450 e. The van der Waals surface area contributed by atoms with E-state index >= 15 is 0 Å². The van der Waals surface area contributed by atoms with Gasteiger partial charge in [0.25, 0.3) is 0 Å². The van der Waals surface area contributed by atoms with Gasteiger partial charge in [0.1, 0.15) is 0 Å². The second-order valence-corrected chi connectivity index (χ2v) is 1.88. The van der Waals surface area contributed by atoms with E-state index in [9.17, 15) is 19.2 Å². The van der Waals surface area contributed by atoms with Crippen molar-refractivity contribution in [3.63, 3.8) is 0 Å². The van der Waals surface area contributed by atoms with E-state index in [1.165, 1.54) is 0 Å². The molecular formula is C7H12O12. The van der Waals surface area contributed by atoms with Crippen LogP contribution >= 0.6 is 0 Å². The second kappa shape index (κ2) is 13.1. The maximum atomic E-state index is 9.49. The van der Waals surface area contributed by atoms with Crippen LogP contribution in [0.1, 0.15) is 7.43 Å². The summed E-state index contributed by atoms with van der Waals surface area (Å²) in [6.07, 6.45) is -6.29. The van der Waals surface area contributed by atoms with Crippen LogP contribution in [0.15, 0.2) is 0 Å². The smallest absolute Gasteiger partial charge is 0.450 e. The van der Waals surface area contributed by atoms with Crippen molar-refractivity contribution in [2.75, 3.05) is 13.6 Å². The quantitative estimate of drug-likeness (QED) is 0.429. The number of hydrogen-bond acceptors (Lipinski definition) is 8. The molecule has 0 amide bonds. The van der Waals surface area contributed by atoms with Gasteiger partial charge in [0.05, 0.1) is 0 Å².